The van der Waals surface area contributed by atoms with Crippen LogP contribution in [0.15, 0.2) is 23.2 Å². The summed E-state index contributed by atoms with van der Waals surface area (Å²) in [6.45, 7) is 5.20. The summed E-state index contributed by atoms with van der Waals surface area (Å²) < 4.78 is 10.6. The molecule has 1 aromatic rings. The second kappa shape index (κ2) is 10.5. The molecule has 0 saturated carbocycles. The van der Waals surface area contributed by atoms with Gasteiger partial charge in [0.05, 0.1) is 27.3 Å². The summed E-state index contributed by atoms with van der Waals surface area (Å²) in [4.78, 5) is 18.8. The van der Waals surface area contributed by atoms with Crippen LogP contribution in [-0.4, -0.2) is 57.2 Å². The number of aliphatic imine (C=N–C) groups is 1. The number of guanidine groups is 1. The topological polar surface area (TPSA) is 75.2 Å². The maximum Gasteiger partial charge on any atom is 0.241 e. The van der Waals surface area contributed by atoms with E-state index in [1.165, 1.54) is 6.42 Å². The molecule has 2 N–H and O–H groups in total. The van der Waals surface area contributed by atoms with Crippen molar-refractivity contribution >= 4 is 11.9 Å². The van der Waals surface area contributed by atoms with E-state index in [-0.39, 0.29) is 12.5 Å². The van der Waals surface area contributed by atoms with Gasteiger partial charge in [-0.3, -0.25) is 4.79 Å². The highest BCUT2D eigenvalue weighted by Crippen LogP contribution is 2.27. The zero-order valence-corrected chi connectivity index (χ0v) is 16.0. The molecule has 1 saturated heterocycles. The lowest BCUT2D eigenvalue weighted by Gasteiger charge is -2.27. The molecule has 0 unspecified atom stereocenters. The SMILES string of the molecule is CCNC(=NCc1ccc(OC)c(OC)c1)NCC(=O)N1CCCCC1. The molecule has 2 rings (SSSR count). The van der Waals surface area contributed by atoms with Gasteiger partial charge in [0, 0.05) is 19.6 Å². The van der Waals surface area contributed by atoms with Crippen molar-refractivity contribution in [3.8, 4) is 11.5 Å². The van der Waals surface area contributed by atoms with Crippen molar-refractivity contribution in [3.63, 3.8) is 0 Å². The van der Waals surface area contributed by atoms with E-state index in [0.717, 1.165) is 38.0 Å². The molecule has 0 radical (unpaired) electrons. The number of hydrogen-bond acceptors (Lipinski definition) is 4. The van der Waals surface area contributed by atoms with Crippen molar-refractivity contribution < 1.29 is 14.3 Å². The number of amides is 1. The Labute approximate surface area is 155 Å². The van der Waals surface area contributed by atoms with Crippen molar-refractivity contribution in [1.29, 1.82) is 0 Å². The normalized spacial score (nSPS) is 14.7. The van der Waals surface area contributed by atoms with Gasteiger partial charge in [-0.25, -0.2) is 4.99 Å². The van der Waals surface area contributed by atoms with E-state index in [1.54, 1.807) is 14.2 Å². The molecule has 1 heterocycles. The number of benzene rings is 1. The Morgan fingerprint density at radius 3 is 2.50 bits per heavy atom. The van der Waals surface area contributed by atoms with E-state index in [4.69, 9.17) is 9.47 Å². The summed E-state index contributed by atoms with van der Waals surface area (Å²) in [5, 5.41) is 6.31. The smallest absolute Gasteiger partial charge is 0.241 e. The van der Waals surface area contributed by atoms with E-state index in [0.29, 0.717) is 24.0 Å². The first-order chi connectivity index (χ1) is 12.7. The van der Waals surface area contributed by atoms with Gasteiger partial charge in [-0.1, -0.05) is 6.07 Å². The molecular weight excluding hydrogens is 332 g/mol. The molecule has 7 heteroatoms. The third-order valence-electron chi connectivity index (χ3n) is 4.33. The highest BCUT2D eigenvalue weighted by Gasteiger charge is 2.16. The second-order valence-electron chi connectivity index (χ2n) is 6.18. The summed E-state index contributed by atoms with van der Waals surface area (Å²) in [5.41, 5.74) is 1.00. The van der Waals surface area contributed by atoms with Gasteiger partial charge in [0.15, 0.2) is 17.5 Å². The maximum absolute atomic E-state index is 12.3. The summed E-state index contributed by atoms with van der Waals surface area (Å²) >= 11 is 0. The van der Waals surface area contributed by atoms with E-state index in [1.807, 2.05) is 30.0 Å². The fraction of sp³-hybridized carbons (Fsp3) is 0.579. The fourth-order valence-corrected chi connectivity index (χ4v) is 2.91. The van der Waals surface area contributed by atoms with Crippen molar-refractivity contribution in [2.75, 3.05) is 40.4 Å². The molecule has 26 heavy (non-hydrogen) atoms. The first-order valence-electron chi connectivity index (χ1n) is 9.18. The number of rotatable bonds is 7. The van der Waals surface area contributed by atoms with Crippen LogP contribution >= 0.6 is 0 Å². The zero-order chi connectivity index (χ0) is 18.8. The predicted molar refractivity (Wildman–Crippen MR) is 103 cm³/mol. The summed E-state index contributed by atoms with van der Waals surface area (Å²) in [7, 11) is 3.23. The predicted octanol–water partition coefficient (Wildman–Crippen LogP) is 1.77. The Bertz CT molecular complexity index is 613. The molecule has 0 aromatic heterocycles. The van der Waals surface area contributed by atoms with Crippen molar-refractivity contribution in [1.82, 2.24) is 15.5 Å². The van der Waals surface area contributed by atoms with Crippen molar-refractivity contribution in [3.05, 3.63) is 23.8 Å². The number of piperidine rings is 1. The van der Waals surface area contributed by atoms with Crippen LogP contribution < -0.4 is 20.1 Å². The average molecular weight is 362 g/mol. The van der Waals surface area contributed by atoms with Gasteiger partial charge in [-0.05, 0) is 43.9 Å². The highest BCUT2D eigenvalue weighted by molar-refractivity contribution is 5.86. The van der Waals surface area contributed by atoms with Gasteiger partial charge < -0.3 is 25.0 Å². The van der Waals surface area contributed by atoms with E-state index >= 15 is 0 Å². The van der Waals surface area contributed by atoms with Crippen LogP contribution in [0, 0.1) is 0 Å². The third-order valence-corrected chi connectivity index (χ3v) is 4.33. The fourth-order valence-electron chi connectivity index (χ4n) is 2.91. The number of carbonyl (C=O) groups excluding carboxylic acids is 1. The summed E-state index contributed by atoms with van der Waals surface area (Å²) in [6, 6.07) is 5.72. The number of carbonyl (C=O) groups is 1. The van der Waals surface area contributed by atoms with E-state index < -0.39 is 0 Å². The number of likely N-dealkylation sites (tertiary alicyclic amines) is 1. The second-order valence-corrected chi connectivity index (χ2v) is 6.18. The van der Waals surface area contributed by atoms with Gasteiger partial charge in [-0.15, -0.1) is 0 Å². The maximum atomic E-state index is 12.3. The first-order valence-corrected chi connectivity index (χ1v) is 9.18. The molecule has 1 aliphatic rings. The molecule has 1 aliphatic heterocycles. The lowest BCUT2D eigenvalue weighted by molar-refractivity contribution is -0.130. The van der Waals surface area contributed by atoms with Crippen LogP contribution in [0.25, 0.3) is 0 Å². The van der Waals surface area contributed by atoms with Gasteiger partial charge in [-0.2, -0.15) is 0 Å². The number of nitrogens with one attached hydrogen (secondary N) is 2. The number of methoxy groups -OCH3 is 2. The quantitative estimate of drug-likeness (QED) is 0.571. The summed E-state index contributed by atoms with van der Waals surface area (Å²) in [6.07, 6.45) is 3.41. The minimum Gasteiger partial charge on any atom is -0.493 e. The largest absolute Gasteiger partial charge is 0.493 e. The molecule has 7 nitrogen and oxygen atoms in total. The number of ether oxygens (including phenoxy) is 2. The Hall–Kier alpha value is -2.44. The molecule has 1 fully saturated rings. The molecule has 1 amide bonds. The number of hydrogen-bond donors (Lipinski definition) is 2. The molecule has 0 bridgehead atoms. The van der Waals surface area contributed by atoms with Crippen LogP contribution in [0.1, 0.15) is 31.7 Å². The van der Waals surface area contributed by atoms with Crippen molar-refractivity contribution in [2.24, 2.45) is 4.99 Å². The van der Waals surface area contributed by atoms with E-state index in [9.17, 15) is 4.79 Å². The van der Waals surface area contributed by atoms with Crippen LogP contribution in [0.4, 0.5) is 0 Å². The Balaban J connectivity index is 1.94. The Morgan fingerprint density at radius 2 is 1.85 bits per heavy atom. The van der Waals surface area contributed by atoms with Crippen LogP contribution in [-0.2, 0) is 11.3 Å². The summed E-state index contributed by atoms with van der Waals surface area (Å²) in [5.74, 6) is 2.13. The van der Waals surface area contributed by atoms with Gasteiger partial charge in [0.2, 0.25) is 5.91 Å². The molecule has 144 valence electrons. The lowest BCUT2D eigenvalue weighted by atomic mass is 10.1. The highest BCUT2D eigenvalue weighted by atomic mass is 16.5. The first kappa shape index (κ1) is 19.9. The minimum atomic E-state index is 0.126. The molecule has 0 atom stereocenters. The Kier molecular flexibility index (Phi) is 8.05. The van der Waals surface area contributed by atoms with E-state index in [2.05, 4.69) is 15.6 Å². The lowest BCUT2D eigenvalue weighted by Crippen LogP contribution is -2.46. The Morgan fingerprint density at radius 1 is 1.12 bits per heavy atom. The van der Waals surface area contributed by atoms with Crippen LogP contribution in [0.5, 0.6) is 11.5 Å². The van der Waals surface area contributed by atoms with Gasteiger partial charge in [0.25, 0.3) is 0 Å². The molecule has 1 aromatic carbocycles. The van der Waals surface area contributed by atoms with Gasteiger partial charge in [0.1, 0.15) is 0 Å². The van der Waals surface area contributed by atoms with Crippen molar-refractivity contribution in [2.45, 2.75) is 32.7 Å². The molecule has 0 aliphatic carbocycles. The monoisotopic (exact) mass is 362 g/mol. The average Bonchev–Trinajstić information content (AvgIpc) is 2.70. The zero-order valence-electron chi connectivity index (χ0n) is 16.0. The van der Waals surface area contributed by atoms with Crippen LogP contribution in [0.2, 0.25) is 0 Å². The minimum absolute atomic E-state index is 0.126. The van der Waals surface area contributed by atoms with Gasteiger partial charge >= 0.3 is 0 Å². The standard InChI is InChI=1S/C19H30N4O3/c1-4-20-19(22-14-18(24)23-10-6-5-7-11-23)21-13-15-8-9-16(25-2)17(12-15)26-3/h8-9,12H,4-7,10-11,13-14H2,1-3H3,(H2,20,21,22). The number of nitrogens with zero attached hydrogens (tertiary/aromatic N) is 2. The van der Waals surface area contributed by atoms with Crippen LogP contribution in [0.3, 0.4) is 0 Å². The molecule has 0 spiro atoms. The third kappa shape index (κ3) is 5.82. The molecular formula is C19H30N4O3.